The zero-order chi connectivity index (χ0) is 9.97. The summed E-state index contributed by atoms with van der Waals surface area (Å²) in [6.45, 7) is 2.84. The highest BCUT2D eigenvalue weighted by Crippen LogP contribution is 2.15. The summed E-state index contributed by atoms with van der Waals surface area (Å²) in [5.74, 6) is 0.409. The monoisotopic (exact) mass is 193 g/mol. The Morgan fingerprint density at radius 1 is 1.57 bits per heavy atom. The summed E-state index contributed by atoms with van der Waals surface area (Å²) < 4.78 is 1.88. The largest absolute Gasteiger partial charge is 0.379 e. The number of rotatable bonds is 3. The van der Waals surface area contributed by atoms with Crippen molar-refractivity contribution < 1.29 is 5.11 Å². The molecule has 2 aromatic heterocycles. The van der Waals surface area contributed by atoms with Crippen molar-refractivity contribution in [2.75, 3.05) is 0 Å². The number of aliphatic hydroxyl groups is 1. The molecule has 0 aliphatic rings. The second kappa shape index (κ2) is 3.59. The highest BCUT2D eigenvalue weighted by molar-refractivity contribution is 5.10. The number of nitrogens with zero attached hydrogens (tertiary/aromatic N) is 4. The zero-order valence-corrected chi connectivity index (χ0v) is 7.75. The molecular formula is C8H11N5O. The Morgan fingerprint density at radius 3 is 3.00 bits per heavy atom. The molecular weight excluding hydrogens is 182 g/mol. The predicted molar refractivity (Wildman–Crippen MR) is 48.3 cm³/mol. The van der Waals surface area contributed by atoms with Gasteiger partial charge in [-0.05, 0) is 6.92 Å². The molecule has 14 heavy (non-hydrogen) atoms. The first-order valence-electron chi connectivity index (χ1n) is 4.36. The number of nitrogens with one attached hydrogen (secondary N) is 1. The molecule has 0 saturated heterocycles. The normalized spacial score (nSPS) is 13.0. The van der Waals surface area contributed by atoms with E-state index in [1.165, 1.54) is 6.33 Å². The van der Waals surface area contributed by atoms with E-state index in [-0.39, 0.29) is 0 Å². The van der Waals surface area contributed by atoms with Gasteiger partial charge in [0.05, 0.1) is 12.0 Å². The van der Waals surface area contributed by atoms with Crippen LogP contribution in [0, 0.1) is 0 Å². The average Bonchev–Trinajstić information content (AvgIpc) is 2.88. The smallest absolute Gasteiger partial charge is 0.159 e. The van der Waals surface area contributed by atoms with Gasteiger partial charge in [-0.1, -0.05) is 0 Å². The van der Waals surface area contributed by atoms with Crippen LogP contribution >= 0.6 is 0 Å². The van der Waals surface area contributed by atoms with Gasteiger partial charge >= 0.3 is 0 Å². The quantitative estimate of drug-likeness (QED) is 0.724. The molecule has 2 heterocycles. The second-order valence-corrected chi connectivity index (χ2v) is 2.90. The minimum absolute atomic E-state index is 0.409. The first-order chi connectivity index (χ1) is 6.81. The van der Waals surface area contributed by atoms with Crippen LogP contribution in [0.25, 0.3) is 0 Å². The summed E-state index contributed by atoms with van der Waals surface area (Å²) in [6.07, 6.45) is 3.99. The molecule has 2 aromatic rings. The van der Waals surface area contributed by atoms with E-state index < -0.39 is 6.10 Å². The van der Waals surface area contributed by atoms with Gasteiger partial charge in [-0.2, -0.15) is 5.10 Å². The Labute approximate surface area is 80.6 Å². The standard InChI is InChI=1S/C8H11N5O/c1-2-13-3-6(10-5-13)7(14)8-9-4-11-12-8/h3-5,7,14H,2H2,1H3,(H,9,11,12). The lowest BCUT2D eigenvalue weighted by Crippen LogP contribution is -2.02. The van der Waals surface area contributed by atoms with E-state index in [2.05, 4.69) is 20.2 Å². The van der Waals surface area contributed by atoms with Gasteiger partial charge in [-0.25, -0.2) is 9.97 Å². The molecule has 0 amide bonds. The third-order valence-corrected chi connectivity index (χ3v) is 1.99. The maximum absolute atomic E-state index is 9.78. The maximum atomic E-state index is 9.78. The molecule has 0 bridgehead atoms. The van der Waals surface area contributed by atoms with E-state index in [1.54, 1.807) is 12.5 Å². The fourth-order valence-electron chi connectivity index (χ4n) is 1.18. The second-order valence-electron chi connectivity index (χ2n) is 2.90. The number of hydrogen-bond acceptors (Lipinski definition) is 4. The predicted octanol–water partition coefficient (Wildman–Crippen LogP) is 0.103. The molecule has 74 valence electrons. The van der Waals surface area contributed by atoms with Gasteiger partial charge in [0.25, 0.3) is 0 Å². The van der Waals surface area contributed by atoms with Crippen molar-refractivity contribution in [2.45, 2.75) is 19.6 Å². The van der Waals surface area contributed by atoms with Crippen molar-refractivity contribution in [3.05, 3.63) is 30.4 Å². The van der Waals surface area contributed by atoms with Crippen LogP contribution in [0.3, 0.4) is 0 Å². The van der Waals surface area contributed by atoms with Crippen LogP contribution in [-0.4, -0.2) is 29.8 Å². The van der Waals surface area contributed by atoms with E-state index in [4.69, 9.17) is 0 Å². The van der Waals surface area contributed by atoms with Crippen LogP contribution < -0.4 is 0 Å². The molecule has 6 heteroatoms. The van der Waals surface area contributed by atoms with E-state index in [0.717, 1.165) is 6.54 Å². The van der Waals surface area contributed by atoms with Gasteiger partial charge in [0.2, 0.25) is 0 Å². The summed E-state index contributed by atoms with van der Waals surface area (Å²) in [5, 5.41) is 16.0. The molecule has 1 atom stereocenters. The first-order valence-corrected chi connectivity index (χ1v) is 4.36. The molecule has 0 aromatic carbocycles. The number of imidazole rings is 1. The Bertz CT molecular complexity index is 394. The molecule has 0 saturated carbocycles. The first kappa shape index (κ1) is 8.89. The van der Waals surface area contributed by atoms with Gasteiger partial charge in [-0.15, -0.1) is 0 Å². The molecule has 0 radical (unpaired) electrons. The summed E-state index contributed by atoms with van der Waals surface area (Å²) in [7, 11) is 0. The summed E-state index contributed by atoms with van der Waals surface area (Å²) in [5.41, 5.74) is 0.573. The summed E-state index contributed by atoms with van der Waals surface area (Å²) in [6, 6.07) is 0. The van der Waals surface area contributed by atoms with E-state index in [1.807, 2.05) is 11.5 Å². The van der Waals surface area contributed by atoms with Gasteiger partial charge in [0.1, 0.15) is 6.33 Å². The van der Waals surface area contributed by atoms with Crippen LogP contribution in [0.2, 0.25) is 0 Å². The van der Waals surface area contributed by atoms with Crippen molar-refractivity contribution >= 4 is 0 Å². The van der Waals surface area contributed by atoms with Crippen molar-refractivity contribution in [3.63, 3.8) is 0 Å². The topological polar surface area (TPSA) is 79.6 Å². The van der Waals surface area contributed by atoms with Crippen LogP contribution in [0.1, 0.15) is 24.5 Å². The van der Waals surface area contributed by atoms with Crippen LogP contribution in [0.15, 0.2) is 18.9 Å². The number of aryl methyl sites for hydroxylation is 1. The van der Waals surface area contributed by atoms with Gasteiger partial charge in [0.15, 0.2) is 11.9 Å². The van der Waals surface area contributed by atoms with Gasteiger partial charge in [-0.3, -0.25) is 5.10 Å². The molecule has 0 fully saturated rings. The molecule has 0 aliphatic heterocycles. The number of aromatic nitrogens is 5. The lowest BCUT2D eigenvalue weighted by molar-refractivity contribution is 0.206. The fraction of sp³-hybridized carbons (Fsp3) is 0.375. The summed E-state index contributed by atoms with van der Waals surface area (Å²) in [4.78, 5) is 7.93. The van der Waals surface area contributed by atoms with E-state index in [0.29, 0.717) is 11.5 Å². The lowest BCUT2D eigenvalue weighted by Gasteiger charge is -2.01. The van der Waals surface area contributed by atoms with Crippen molar-refractivity contribution in [2.24, 2.45) is 0 Å². The molecule has 0 aliphatic carbocycles. The molecule has 2 rings (SSSR count). The number of aliphatic hydroxyl groups excluding tert-OH is 1. The number of H-pyrrole nitrogens is 1. The summed E-state index contributed by atoms with van der Waals surface area (Å²) >= 11 is 0. The van der Waals surface area contributed by atoms with Crippen LogP contribution in [0.5, 0.6) is 0 Å². The molecule has 6 nitrogen and oxygen atoms in total. The Hall–Kier alpha value is -1.69. The minimum atomic E-state index is -0.828. The van der Waals surface area contributed by atoms with Crippen LogP contribution in [0.4, 0.5) is 0 Å². The fourth-order valence-corrected chi connectivity index (χ4v) is 1.18. The number of aromatic amines is 1. The SMILES string of the molecule is CCn1cnc(C(O)c2ncn[nH]2)c1. The van der Waals surface area contributed by atoms with E-state index >= 15 is 0 Å². The average molecular weight is 193 g/mol. The molecule has 1 unspecified atom stereocenters. The highest BCUT2D eigenvalue weighted by atomic mass is 16.3. The maximum Gasteiger partial charge on any atom is 0.159 e. The Balaban J connectivity index is 2.23. The van der Waals surface area contributed by atoms with Crippen molar-refractivity contribution in [1.82, 2.24) is 24.7 Å². The number of hydrogen-bond donors (Lipinski definition) is 2. The lowest BCUT2D eigenvalue weighted by atomic mass is 10.2. The van der Waals surface area contributed by atoms with E-state index in [9.17, 15) is 5.11 Å². The zero-order valence-electron chi connectivity index (χ0n) is 7.75. The Morgan fingerprint density at radius 2 is 2.43 bits per heavy atom. The molecule has 0 spiro atoms. The van der Waals surface area contributed by atoms with Crippen LogP contribution in [-0.2, 0) is 6.54 Å². The highest BCUT2D eigenvalue weighted by Gasteiger charge is 2.15. The molecule has 2 N–H and O–H groups in total. The third-order valence-electron chi connectivity index (χ3n) is 1.99. The minimum Gasteiger partial charge on any atom is -0.379 e. The Kier molecular flexibility index (Phi) is 2.28. The van der Waals surface area contributed by atoms with Gasteiger partial charge < -0.3 is 9.67 Å². The third kappa shape index (κ3) is 1.51. The van der Waals surface area contributed by atoms with Crippen molar-refractivity contribution in [3.8, 4) is 0 Å². The van der Waals surface area contributed by atoms with Crippen molar-refractivity contribution in [1.29, 1.82) is 0 Å². The van der Waals surface area contributed by atoms with Gasteiger partial charge in [0, 0.05) is 12.7 Å².